The van der Waals surface area contributed by atoms with E-state index in [0.717, 1.165) is 6.26 Å². The number of sulfone groups is 1. The first kappa shape index (κ1) is 11.6. The first-order valence-electron chi connectivity index (χ1n) is 4.83. The van der Waals surface area contributed by atoms with Gasteiger partial charge in [0, 0.05) is 6.26 Å². The van der Waals surface area contributed by atoms with E-state index in [9.17, 15) is 8.42 Å². The molecule has 2 aromatic rings. The van der Waals surface area contributed by atoms with Gasteiger partial charge >= 0.3 is 0 Å². The van der Waals surface area contributed by atoms with Crippen molar-refractivity contribution in [2.24, 2.45) is 0 Å². The number of hydrogen-bond acceptors (Lipinski definition) is 6. The van der Waals surface area contributed by atoms with Crippen molar-refractivity contribution < 1.29 is 12.8 Å². The van der Waals surface area contributed by atoms with Crippen LogP contribution in [0.2, 0.25) is 0 Å². The van der Waals surface area contributed by atoms with Crippen molar-refractivity contribution in [3.05, 3.63) is 36.7 Å². The molecule has 2 aromatic heterocycles. The van der Waals surface area contributed by atoms with Crippen molar-refractivity contribution in [2.75, 3.05) is 11.6 Å². The van der Waals surface area contributed by atoms with Crippen LogP contribution in [0.1, 0.15) is 5.76 Å². The monoisotopic (exact) mass is 253 g/mol. The van der Waals surface area contributed by atoms with Crippen molar-refractivity contribution >= 4 is 15.5 Å². The van der Waals surface area contributed by atoms with Crippen molar-refractivity contribution in [2.45, 2.75) is 11.6 Å². The van der Waals surface area contributed by atoms with Crippen LogP contribution in [0, 0.1) is 0 Å². The summed E-state index contributed by atoms with van der Waals surface area (Å²) >= 11 is 0. The molecule has 2 heterocycles. The Morgan fingerprint density at radius 2 is 2.18 bits per heavy atom. The number of aromatic nitrogens is 2. The minimum atomic E-state index is -3.25. The number of anilines is 1. The molecule has 0 spiro atoms. The molecular weight excluding hydrogens is 242 g/mol. The van der Waals surface area contributed by atoms with Gasteiger partial charge in [-0.05, 0) is 12.1 Å². The van der Waals surface area contributed by atoms with Gasteiger partial charge in [-0.2, -0.15) is 0 Å². The third-order valence-corrected chi connectivity index (χ3v) is 3.07. The summed E-state index contributed by atoms with van der Waals surface area (Å²) in [4.78, 5) is 7.63. The van der Waals surface area contributed by atoms with Gasteiger partial charge in [0.2, 0.25) is 0 Å². The van der Waals surface area contributed by atoms with E-state index < -0.39 is 9.84 Å². The van der Waals surface area contributed by atoms with Crippen molar-refractivity contribution in [1.82, 2.24) is 9.97 Å². The highest BCUT2D eigenvalue weighted by Gasteiger charge is 2.07. The molecule has 0 saturated carbocycles. The van der Waals surface area contributed by atoms with E-state index in [2.05, 4.69) is 15.3 Å². The van der Waals surface area contributed by atoms with Crippen LogP contribution in [-0.4, -0.2) is 24.6 Å². The zero-order chi connectivity index (χ0) is 12.3. The molecule has 17 heavy (non-hydrogen) atoms. The largest absolute Gasteiger partial charge is 0.447 e. The van der Waals surface area contributed by atoms with Gasteiger partial charge in [-0.3, -0.25) is 0 Å². The average molecular weight is 253 g/mol. The van der Waals surface area contributed by atoms with Crippen LogP contribution in [0.15, 0.2) is 40.4 Å². The highest BCUT2D eigenvalue weighted by molar-refractivity contribution is 7.90. The number of nitrogens with zero attached hydrogens (tertiary/aromatic N) is 2. The molecule has 0 fully saturated rings. The molecule has 0 amide bonds. The maximum absolute atomic E-state index is 11.2. The molecule has 90 valence electrons. The minimum absolute atomic E-state index is 0.0581. The third-order valence-electron chi connectivity index (χ3n) is 2.07. The second kappa shape index (κ2) is 4.54. The summed E-state index contributed by atoms with van der Waals surface area (Å²) in [6.07, 6.45) is 5.54. The van der Waals surface area contributed by atoms with Crippen LogP contribution >= 0.6 is 0 Å². The Morgan fingerprint density at radius 1 is 1.35 bits per heavy atom. The normalized spacial score (nSPS) is 11.4. The molecule has 6 nitrogen and oxygen atoms in total. The SMILES string of the molecule is CS(=O)(=O)c1ccc(NCc2cnco2)cn1. The maximum Gasteiger partial charge on any atom is 0.192 e. The van der Waals surface area contributed by atoms with E-state index in [1.165, 1.54) is 18.7 Å². The van der Waals surface area contributed by atoms with E-state index in [4.69, 9.17) is 4.42 Å². The van der Waals surface area contributed by atoms with Crippen LogP contribution in [0.25, 0.3) is 0 Å². The van der Waals surface area contributed by atoms with Crippen molar-refractivity contribution in [3.8, 4) is 0 Å². The number of pyridine rings is 1. The van der Waals surface area contributed by atoms with Crippen LogP contribution in [0.3, 0.4) is 0 Å². The molecule has 0 aromatic carbocycles. The Kier molecular flexibility index (Phi) is 3.10. The van der Waals surface area contributed by atoms with Gasteiger partial charge in [-0.1, -0.05) is 0 Å². The standard InChI is InChI=1S/C10H11N3O3S/c1-17(14,15)10-3-2-8(4-13-10)12-6-9-5-11-7-16-9/h2-5,7,12H,6H2,1H3. The third kappa shape index (κ3) is 3.04. The Hall–Kier alpha value is -1.89. The molecule has 0 aliphatic rings. The van der Waals surface area contributed by atoms with Gasteiger partial charge in [-0.15, -0.1) is 0 Å². The summed E-state index contributed by atoms with van der Waals surface area (Å²) in [5, 5.41) is 3.09. The molecule has 0 aliphatic carbocycles. The topological polar surface area (TPSA) is 85.1 Å². The van der Waals surface area contributed by atoms with Gasteiger partial charge < -0.3 is 9.73 Å². The van der Waals surface area contributed by atoms with Gasteiger partial charge in [-0.25, -0.2) is 18.4 Å². The average Bonchev–Trinajstić information content (AvgIpc) is 2.78. The first-order valence-corrected chi connectivity index (χ1v) is 6.72. The Bertz CT molecular complexity index is 576. The summed E-state index contributed by atoms with van der Waals surface area (Å²) < 4.78 is 27.4. The molecule has 0 unspecified atom stereocenters. The lowest BCUT2D eigenvalue weighted by Gasteiger charge is -2.04. The number of hydrogen-bond donors (Lipinski definition) is 1. The predicted octanol–water partition coefficient (Wildman–Crippen LogP) is 1.09. The van der Waals surface area contributed by atoms with E-state index in [1.807, 2.05) is 0 Å². The Labute approximate surface area is 98.6 Å². The van der Waals surface area contributed by atoms with E-state index in [-0.39, 0.29) is 5.03 Å². The van der Waals surface area contributed by atoms with E-state index in [1.54, 1.807) is 12.3 Å². The number of nitrogens with one attached hydrogen (secondary N) is 1. The van der Waals surface area contributed by atoms with Gasteiger partial charge in [0.05, 0.1) is 24.6 Å². The molecule has 7 heteroatoms. The highest BCUT2D eigenvalue weighted by atomic mass is 32.2. The van der Waals surface area contributed by atoms with Gasteiger partial charge in [0.1, 0.15) is 5.76 Å². The molecule has 1 N–H and O–H groups in total. The lowest BCUT2D eigenvalue weighted by Crippen LogP contribution is -2.02. The summed E-state index contributed by atoms with van der Waals surface area (Å²) in [6.45, 7) is 0.472. The molecule has 0 aliphatic heterocycles. The summed E-state index contributed by atoms with van der Waals surface area (Å²) in [7, 11) is -3.25. The molecule has 0 saturated heterocycles. The number of oxazole rings is 1. The lowest BCUT2D eigenvalue weighted by atomic mass is 10.4. The van der Waals surface area contributed by atoms with Crippen molar-refractivity contribution in [3.63, 3.8) is 0 Å². The molecule has 0 bridgehead atoms. The fraction of sp³-hybridized carbons (Fsp3) is 0.200. The highest BCUT2D eigenvalue weighted by Crippen LogP contribution is 2.11. The van der Waals surface area contributed by atoms with Crippen molar-refractivity contribution in [1.29, 1.82) is 0 Å². The summed E-state index contributed by atoms with van der Waals surface area (Å²) in [6, 6.07) is 3.11. The molecule has 2 rings (SSSR count). The van der Waals surface area contributed by atoms with Crippen LogP contribution in [0.4, 0.5) is 5.69 Å². The van der Waals surface area contributed by atoms with Gasteiger partial charge in [0.15, 0.2) is 21.3 Å². The Morgan fingerprint density at radius 3 is 2.71 bits per heavy atom. The smallest absolute Gasteiger partial charge is 0.192 e. The van der Waals surface area contributed by atoms with Crippen LogP contribution in [0.5, 0.6) is 0 Å². The van der Waals surface area contributed by atoms with Crippen LogP contribution in [-0.2, 0) is 16.4 Å². The summed E-state index contributed by atoms with van der Waals surface area (Å²) in [5.41, 5.74) is 0.716. The fourth-order valence-corrected chi connectivity index (χ4v) is 1.78. The molecular formula is C10H11N3O3S. The van der Waals surface area contributed by atoms with Crippen LogP contribution < -0.4 is 5.32 Å². The number of rotatable bonds is 4. The quantitative estimate of drug-likeness (QED) is 0.877. The lowest BCUT2D eigenvalue weighted by molar-refractivity contribution is 0.511. The van der Waals surface area contributed by atoms with E-state index >= 15 is 0 Å². The maximum atomic E-state index is 11.2. The summed E-state index contributed by atoms with van der Waals surface area (Å²) in [5.74, 6) is 0.692. The van der Waals surface area contributed by atoms with Gasteiger partial charge in [0.25, 0.3) is 0 Å². The predicted molar refractivity (Wildman–Crippen MR) is 61.2 cm³/mol. The Balaban J connectivity index is 2.04. The van der Waals surface area contributed by atoms with E-state index in [0.29, 0.717) is 18.0 Å². The minimum Gasteiger partial charge on any atom is -0.447 e. The molecule has 0 radical (unpaired) electrons. The molecule has 0 atom stereocenters. The second-order valence-corrected chi connectivity index (χ2v) is 5.44. The zero-order valence-electron chi connectivity index (χ0n) is 9.12. The zero-order valence-corrected chi connectivity index (χ0v) is 9.94. The first-order chi connectivity index (χ1) is 8.05. The fourth-order valence-electron chi connectivity index (χ4n) is 1.22. The second-order valence-electron chi connectivity index (χ2n) is 3.48.